The Morgan fingerprint density at radius 2 is 2.12 bits per heavy atom. The summed E-state index contributed by atoms with van der Waals surface area (Å²) >= 11 is 0. The maximum atomic E-state index is 13.7. The van der Waals surface area contributed by atoms with Crippen LogP contribution in [0.3, 0.4) is 0 Å². The second-order valence-electron chi connectivity index (χ2n) is 4.41. The molecule has 0 aromatic heterocycles. The zero-order valence-corrected chi connectivity index (χ0v) is 10.2. The van der Waals surface area contributed by atoms with Crippen LogP contribution in [0, 0.1) is 12.7 Å². The summed E-state index contributed by atoms with van der Waals surface area (Å²) in [5.41, 5.74) is 4.76. The third kappa shape index (κ3) is 3.08. The van der Waals surface area contributed by atoms with Gasteiger partial charge in [0.2, 0.25) is 0 Å². The molecule has 0 saturated carbocycles. The summed E-state index contributed by atoms with van der Waals surface area (Å²) in [5.74, 6) is -0.538. The van der Waals surface area contributed by atoms with Crippen molar-refractivity contribution in [1.82, 2.24) is 0 Å². The van der Waals surface area contributed by atoms with E-state index in [1.54, 1.807) is 6.92 Å². The topological polar surface area (TPSA) is 75.7 Å². The molecule has 0 fully saturated rings. The zero-order valence-electron chi connectivity index (χ0n) is 10.2. The van der Waals surface area contributed by atoms with Crippen LogP contribution >= 0.6 is 0 Å². The van der Waals surface area contributed by atoms with E-state index >= 15 is 0 Å². The van der Waals surface area contributed by atoms with Crippen LogP contribution in [0.15, 0.2) is 12.1 Å². The van der Waals surface area contributed by atoms with Gasteiger partial charge in [-0.1, -0.05) is 0 Å². The van der Waals surface area contributed by atoms with Gasteiger partial charge in [-0.25, -0.2) is 4.39 Å². The highest BCUT2D eigenvalue weighted by Crippen LogP contribution is 2.25. The van der Waals surface area contributed by atoms with Crippen molar-refractivity contribution in [2.24, 2.45) is 0 Å². The molecule has 4 nitrogen and oxygen atoms in total. The van der Waals surface area contributed by atoms with Gasteiger partial charge in [0.25, 0.3) is 0 Å². The van der Waals surface area contributed by atoms with Crippen LogP contribution in [0.4, 0.5) is 10.1 Å². The number of halogens is 1. The van der Waals surface area contributed by atoms with Crippen molar-refractivity contribution in [3.05, 3.63) is 23.5 Å². The molecule has 0 spiro atoms. The minimum atomic E-state index is -1.43. The van der Waals surface area contributed by atoms with E-state index in [-0.39, 0.29) is 12.4 Å². The SMILES string of the molecule is Cc1c(N)ccc(OCC(C)(O)C(C)O)c1F. The molecule has 1 aromatic carbocycles. The number of anilines is 1. The molecule has 0 radical (unpaired) electrons. The van der Waals surface area contributed by atoms with Crippen LogP contribution in [0.25, 0.3) is 0 Å². The molecule has 0 aliphatic rings. The third-order valence-electron chi connectivity index (χ3n) is 2.81. The highest BCUT2D eigenvalue weighted by Gasteiger charge is 2.28. The van der Waals surface area contributed by atoms with E-state index in [0.717, 1.165) is 0 Å². The summed E-state index contributed by atoms with van der Waals surface area (Å²) < 4.78 is 18.8. The average molecular weight is 243 g/mol. The molecule has 0 saturated heterocycles. The van der Waals surface area contributed by atoms with E-state index in [9.17, 15) is 14.6 Å². The molecule has 96 valence electrons. The number of hydrogen-bond donors (Lipinski definition) is 3. The fourth-order valence-corrected chi connectivity index (χ4v) is 1.13. The maximum Gasteiger partial charge on any atom is 0.170 e. The molecular formula is C12H18FNO3. The van der Waals surface area contributed by atoms with Gasteiger partial charge in [-0.05, 0) is 32.9 Å². The van der Waals surface area contributed by atoms with Gasteiger partial charge in [-0.3, -0.25) is 0 Å². The van der Waals surface area contributed by atoms with Gasteiger partial charge < -0.3 is 20.7 Å². The van der Waals surface area contributed by atoms with Crippen molar-refractivity contribution in [2.75, 3.05) is 12.3 Å². The fourth-order valence-electron chi connectivity index (χ4n) is 1.13. The highest BCUT2D eigenvalue weighted by molar-refractivity contribution is 5.50. The number of aliphatic hydroxyl groups is 2. The van der Waals surface area contributed by atoms with E-state index in [0.29, 0.717) is 11.3 Å². The lowest BCUT2D eigenvalue weighted by Crippen LogP contribution is -2.43. The fraction of sp³-hybridized carbons (Fsp3) is 0.500. The molecule has 0 bridgehead atoms. The molecular weight excluding hydrogens is 225 g/mol. The predicted molar refractivity (Wildman–Crippen MR) is 63.3 cm³/mol. The van der Waals surface area contributed by atoms with Gasteiger partial charge in [0.05, 0.1) is 6.10 Å². The minimum Gasteiger partial charge on any atom is -0.487 e. The first-order valence-corrected chi connectivity index (χ1v) is 5.33. The van der Waals surface area contributed by atoms with Crippen molar-refractivity contribution < 1.29 is 19.3 Å². The summed E-state index contributed by atoms with van der Waals surface area (Å²) in [6.45, 7) is 4.20. The molecule has 0 aliphatic heterocycles. The van der Waals surface area contributed by atoms with Crippen LogP contribution in [-0.2, 0) is 0 Å². The second-order valence-corrected chi connectivity index (χ2v) is 4.41. The Labute approximate surface area is 99.8 Å². The first kappa shape index (κ1) is 13.7. The van der Waals surface area contributed by atoms with E-state index in [1.165, 1.54) is 26.0 Å². The summed E-state index contributed by atoms with van der Waals surface area (Å²) in [6, 6.07) is 2.93. The average Bonchev–Trinajstić information content (AvgIpc) is 2.25. The Morgan fingerprint density at radius 3 is 2.65 bits per heavy atom. The normalized spacial score (nSPS) is 16.4. The van der Waals surface area contributed by atoms with E-state index < -0.39 is 17.5 Å². The molecule has 1 rings (SSSR count). The van der Waals surface area contributed by atoms with E-state index in [4.69, 9.17) is 10.5 Å². The molecule has 1 aromatic rings. The molecule has 2 unspecified atom stereocenters. The second kappa shape index (κ2) is 4.89. The zero-order chi connectivity index (χ0) is 13.2. The first-order valence-electron chi connectivity index (χ1n) is 5.33. The summed E-state index contributed by atoms with van der Waals surface area (Å²) in [4.78, 5) is 0. The molecule has 0 amide bonds. The van der Waals surface area contributed by atoms with E-state index in [1.807, 2.05) is 0 Å². The number of hydrogen-bond acceptors (Lipinski definition) is 4. The van der Waals surface area contributed by atoms with Crippen LogP contribution in [0.1, 0.15) is 19.4 Å². The van der Waals surface area contributed by atoms with Gasteiger partial charge in [0.15, 0.2) is 11.6 Å². The third-order valence-corrected chi connectivity index (χ3v) is 2.81. The molecule has 4 N–H and O–H groups in total. The first-order chi connectivity index (χ1) is 7.75. The number of aliphatic hydroxyl groups excluding tert-OH is 1. The highest BCUT2D eigenvalue weighted by atomic mass is 19.1. The number of ether oxygens (including phenoxy) is 1. The van der Waals surface area contributed by atoms with Crippen LogP contribution in [-0.4, -0.2) is 28.5 Å². The minimum absolute atomic E-state index is 0.0117. The molecule has 0 heterocycles. The van der Waals surface area contributed by atoms with Gasteiger partial charge in [0, 0.05) is 11.3 Å². The van der Waals surface area contributed by atoms with Gasteiger partial charge in [-0.2, -0.15) is 0 Å². The summed E-state index contributed by atoms with van der Waals surface area (Å²) in [5, 5.41) is 19.0. The van der Waals surface area contributed by atoms with Crippen LogP contribution in [0.2, 0.25) is 0 Å². The van der Waals surface area contributed by atoms with Crippen molar-refractivity contribution >= 4 is 5.69 Å². The standard InChI is InChI=1S/C12H18FNO3/c1-7-9(14)4-5-10(11(7)13)17-6-12(3,16)8(2)15/h4-5,8,15-16H,6,14H2,1-3H3. The van der Waals surface area contributed by atoms with Crippen LogP contribution in [0.5, 0.6) is 5.75 Å². The van der Waals surface area contributed by atoms with Crippen molar-refractivity contribution in [3.63, 3.8) is 0 Å². The van der Waals surface area contributed by atoms with Gasteiger partial charge in [-0.15, -0.1) is 0 Å². The molecule has 2 atom stereocenters. The number of rotatable bonds is 4. The van der Waals surface area contributed by atoms with Gasteiger partial charge >= 0.3 is 0 Å². The molecule has 17 heavy (non-hydrogen) atoms. The summed E-state index contributed by atoms with van der Waals surface area (Å²) in [7, 11) is 0. The predicted octanol–water partition coefficient (Wildman–Crippen LogP) is 1.23. The monoisotopic (exact) mass is 243 g/mol. The quantitative estimate of drug-likeness (QED) is 0.695. The number of nitrogens with two attached hydrogens (primary N) is 1. The Hall–Kier alpha value is -1.33. The van der Waals surface area contributed by atoms with Crippen LogP contribution < -0.4 is 10.5 Å². The Balaban J connectivity index is 2.81. The van der Waals surface area contributed by atoms with E-state index in [2.05, 4.69) is 0 Å². The maximum absolute atomic E-state index is 13.7. The molecule has 0 aliphatic carbocycles. The largest absolute Gasteiger partial charge is 0.487 e. The van der Waals surface area contributed by atoms with Crippen molar-refractivity contribution in [1.29, 1.82) is 0 Å². The Morgan fingerprint density at radius 1 is 1.53 bits per heavy atom. The molecule has 5 heteroatoms. The Kier molecular flexibility index (Phi) is 3.95. The Bertz CT molecular complexity index is 405. The van der Waals surface area contributed by atoms with Crippen molar-refractivity contribution in [2.45, 2.75) is 32.5 Å². The van der Waals surface area contributed by atoms with Gasteiger partial charge in [0.1, 0.15) is 12.2 Å². The number of nitrogen functional groups attached to an aromatic ring is 1. The lowest BCUT2D eigenvalue weighted by Gasteiger charge is -2.26. The summed E-state index contributed by atoms with van der Waals surface area (Å²) in [6.07, 6.45) is -0.972. The van der Waals surface area contributed by atoms with Crippen molar-refractivity contribution in [3.8, 4) is 5.75 Å². The number of benzene rings is 1. The smallest absolute Gasteiger partial charge is 0.170 e. The lowest BCUT2D eigenvalue weighted by molar-refractivity contribution is -0.0783. The lowest BCUT2D eigenvalue weighted by atomic mass is 10.0.